The van der Waals surface area contributed by atoms with Crippen LogP contribution in [-0.4, -0.2) is 37.1 Å². The van der Waals surface area contributed by atoms with E-state index in [0.29, 0.717) is 16.8 Å². The molecule has 0 unspecified atom stereocenters. The Morgan fingerprint density at radius 2 is 1.81 bits per heavy atom. The van der Waals surface area contributed by atoms with Gasteiger partial charge in [0.15, 0.2) is 5.01 Å². The lowest BCUT2D eigenvalue weighted by molar-refractivity contribution is 0.431. The van der Waals surface area contributed by atoms with Crippen molar-refractivity contribution in [3.63, 3.8) is 0 Å². The number of hydrogen-bond donors (Lipinski definition) is 1. The Balaban J connectivity index is 1.70. The minimum absolute atomic E-state index is 0.0734. The first-order chi connectivity index (χ1) is 12.6. The van der Waals surface area contributed by atoms with Gasteiger partial charge in [0.25, 0.3) is 5.89 Å². The van der Waals surface area contributed by atoms with Gasteiger partial charge in [0, 0.05) is 23.8 Å². The molecule has 4 aromatic rings. The predicted molar refractivity (Wildman–Crippen MR) is 97.9 cm³/mol. The summed E-state index contributed by atoms with van der Waals surface area (Å²) in [5, 5.41) is 6.49. The normalized spacial score (nSPS) is 10.8. The second kappa shape index (κ2) is 6.48. The van der Waals surface area contributed by atoms with Crippen LogP contribution in [0.3, 0.4) is 0 Å². The van der Waals surface area contributed by atoms with Crippen LogP contribution < -0.4 is 10.6 Å². The van der Waals surface area contributed by atoms with Crippen molar-refractivity contribution in [1.29, 1.82) is 0 Å². The third kappa shape index (κ3) is 3.09. The van der Waals surface area contributed by atoms with Gasteiger partial charge in [-0.1, -0.05) is 23.4 Å². The lowest BCUT2D eigenvalue weighted by atomic mass is 10.3. The summed E-state index contributed by atoms with van der Waals surface area (Å²) >= 11 is 1.43. The third-order valence-corrected chi connectivity index (χ3v) is 4.46. The van der Waals surface area contributed by atoms with Gasteiger partial charge < -0.3 is 15.2 Å². The van der Waals surface area contributed by atoms with Crippen molar-refractivity contribution in [2.75, 3.05) is 17.7 Å². The van der Waals surface area contributed by atoms with E-state index in [-0.39, 0.29) is 17.6 Å². The van der Waals surface area contributed by atoms with Gasteiger partial charge in [-0.3, -0.25) is 0 Å². The summed E-state index contributed by atoms with van der Waals surface area (Å²) in [5.74, 6) is 1.23. The fourth-order valence-corrected chi connectivity index (χ4v) is 2.97. The maximum atomic E-state index is 5.85. The first-order valence-corrected chi connectivity index (χ1v) is 8.55. The second-order valence-electron chi connectivity index (χ2n) is 5.43. The molecule has 0 amide bonds. The molecule has 26 heavy (non-hydrogen) atoms. The summed E-state index contributed by atoms with van der Waals surface area (Å²) in [7, 11) is 1.84. The zero-order valence-electron chi connectivity index (χ0n) is 14.0. The van der Waals surface area contributed by atoms with E-state index in [1.165, 1.54) is 11.3 Å². The summed E-state index contributed by atoms with van der Waals surface area (Å²) in [6.07, 6.45) is 0. The highest BCUT2D eigenvalue weighted by atomic mass is 32.1. The smallest absolute Gasteiger partial charge is 0.287 e. The minimum atomic E-state index is 0.0734. The molecule has 0 aliphatic heterocycles. The first-order valence-electron chi connectivity index (χ1n) is 7.67. The van der Waals surface area contributed by atoms with Crippen LogP contribution in [0.15, 0.2) is 40.2 Å². The van der Waals surface area contributed by atoms with Crippen molar-refractivity contribution in [2.24, 2.45) is 0 Å². The summed E-state index contributed by atoms with van der Waals surface area (Å²) in [6.45, 7) is 1.90. The minimum Gasteiger partial charge on any atom is -0.368 e. The number of benzene rings is 1. The van der Waals surface area contributed by atoms with E-state index in [4.69, 9.17) is 10.3 Å². The van der Waals surface area contributed by atoms with E-state index in [1.807, 2.05) is 49.7 Å². The van der Waals surface area contributed by atoms with Crippen molar-refractivity contribution in [1.82, 2.24) is 30.1 Å². The highest BCUT2D eigenvalue weighted by Gasteiger charge is 2.18. The number of anilines is 3. The molecule has 130 valence electrons. The van der Waals surface area contributed by atoms with Crippen LogP contribution in [0.5, 0.6) is 0 Å². The highest BCUT2D eigenvalue weighted by Crippen LogP contribution is 2.25. The zero-order valence-corrected chi connectivity index (χ0v) is 14.8. The number of para-hydroxylation sites is 1. The van der Waals surface area contributed by atoms with E-state index in [2.05, 4.69) is 30.1 Å². The van der Waals surface area contributed by atoms with Gasteiger partial charge in [0.1, 0.15) is 0 Å². The number of hydrogen-bond acceptors (Lipinski definition) is 10. The average Bonchev–Trinajstić information content (AvgIpc) is 3.30. The van der Waals surface area contributed by atoms with Crippen LogP contribution in [0.25, 0.3) is 22.5 Å². The van der Waals surface area contributed by atoms with Crippen LogP contribution in [0, 0.1) is 6.92 Å². The topological polar surface area (TPSA) is 120 Å². The summed E-state index contributed by atoms with van der Waals surface area (Å²) < 4.78 is 5.28. The van der Waals surface area contributed by atoms with E-state index in [1.54, 1.807) is 4.90 Å². The first kappa shape index (κ1) is 16.1. The highest BCUT2D eigenvalue weighted by molar-refractivity contribution is 7.13. The molecule has 0 aliphatic rings. The Bertz CT molecular complexity index is 1050. The van der Waals surface area contributed by atoms with Crippen molar-refractivity contribution in [2.45, 2.75) is 6.92 Å². The number of rotatable bonds is 4. The fourth-order valence-electron chi connectivity index (χ4n) is 2.25. The molecular formula is C16H14N8OS. The standard InChI is InChI=1S/C16H14N8OS/c1-9-8-26-14(18-9)13-19-12(23-25-13)11-20-15(17)22-16(21-11)24(2)10-6-4-3-5-7-10/h3-8H,1-2H3,(H2,17,20,21,22). The third-order valence-electron chi connectivity index (χ3n) is 3.51. The zero-order chi connectivity index (χ0) is 18.1. The lowest BCUT2D eigenvalue weighted by Gasteiger charge is -2.17. The monoisotopic (exact) mass is 366 g/mol. The molecule has 3 heterocycles. The Hall–Kier alpha value is -3.40. The Morgan fingerprint density at radius 3 is 2.54 bits per heavy atom. The lowest BCUT2D eigenvalue weighted by Crippen LogP contribution is -2.15. The number of nitrogen functional groups attached to an aromatic ring is 1. The van der Waals surface area contributed by atoms with Crippen LogP contribution in [-0.2, 0) is 0 Å². The van der Waals surface area contributed by atoms with E-state index in [9.17, 15) is 0 Å². The molecule has 0 fully saturated rings. The molecule has 0 radical (unpaired) electrons. The number of thiazole rings is 1. The fraction of sp³-hybridized carbons (Fsp3) is 0.125. The maximum Gasteiger partial charge on any atom is 0.287 e. The van der Waals surface area contributed by atoms with Gasteiger partial charge in [0.05, 0.1) is 0 Å². The SMILES string of the molecule is Cc1csc(-c2nc(-c3nc(N)nc(N(C)c4ccccc4)n3)no2)n1. The second-order valence-corrected chi connectivity index (χ2v) is 6.29. The molecule has 0 bridgehead atoms. The molecule has 0 saturated heterocycles. The predicted octanol–water partition coefficient (Wildman–Crippen LogP) is 2.70. The molecule has 10 heteroatoms. The van der Waals surface area contributed by atoms with Gasteiger partial charge >= 0.3 is 0 Å². The van der Waals surface area contributed by atoms with E-state index in [0.717, 1.165) is 11.4 Å². The maximum absolute atomic E-state index is 5.85. The van der Waals surface area contributed by atoms with Crippen molar-refractivity contribution >= 4 is 28.9 Å². The van der Waals surface area contributed by atoms with E-state index >= 15 is 0 Å². The van der Waals surface area contributed by atoms with Gasteiger partial charge in [0.2, 0.25) is 23.5 Å². The van der Waals surface area contributed by atoms with Crippen LogP contribution in [0.2, 0.25) is 0 Å². The number of nitrogens with zero attached hydrogens (tertiary/aromatic N) is 7. The molecule has 4 rings (SSSR count). The summed E-state index contributed by atoms with van der Waals surface area (Å²) in [5.41, 5.74) is 7.65. The van der Waals surface area contributed by atoms with Gasteiger partial charge in [-0.25, -0.2) is 4.98 Å². The Morgan fingerprint density at radius 1 is 1.00 bits per heavy atom. The largest absolute Gasteiger partial charge is 0.368 e. The molecule has 3 aromatic heterocycles. The molecule has 0 spiro atoms. The average molecular weight is 366 g/mol. The molecule has 0 aliphatic carbocycles. The van der Waals surface area contributed by atoms with Crippen molar-refractivity contribution in [3.05, 3.63) is 41.4 Å². The number of aromatic nitrogens is 6. The van der Waals surface area contributed by atoms with Crippen LogP contribution in [0.4, 0.5) is 17.6 Å². The number of aryl methyl sites for hydroxylation is 1. The van der Waals surface area contributed by atoms with E-state index < -0.39 is 0 Å². The molecule has 1 aromatic carbocycles. The van der Waals surface area contributed by atoms with Crippen LogP contribution >= 0.6 is 11.3 Å². The van der Waals surface area contributed by atoms with Crippen LogP contribution in [0.1, 0.15) is 5.69 Å². The van der Waals surface area contributed by atoms with Gasteiger partial charge in [-0.2, -0.15) is 19.9 Å². The molecule has 2 N–H and O–H groups in total. The molecule has 0 atom stereocenters. The Kier molecular flexibility index (Phi) is 4.01. The van der Waals surface area contributed by atoms with Gasteiger partial charge in [-0.05, 0) is 19.1 Å². The number of nitrogens with two attached hydrogens (primary N) is 1. The van der Waals surface area contributed by atoms with Crippen molar-refractivity contribution in [3.8, 4) is 22.5 Å². The van der Waals surface area contributed by atoms with Gasteiger partial charge in [-0.15, -0.1) is 11.3 Å². The molecule has 9 nitrogen and oxygen atoms in total. The van der Waals surface area contributed by atoms with Crippen molar-refractivity contribution < 1.29 is 4.52 Å². The molecule has 0 saturated carbocycles. The Labute approximate surface area is 152 Å². The summed E-state index contributed by atoms with van der Waals surface area (Å²) in [4.78, 5) is 23.2. The quantitative estimate of drug-likeness (QED) is 0.581. The summed E-state index contributed by atoms with van der Waals surface area (Å²) in [6, 6.07) is 9.68. The molecular weight excluding hydrogens is 352 g/mol.